The van der Waals surface area contributed by atoms with Crippen LogP contribution in [-0.4, -0.2) is 23.5 Å². The first-order valence-corrected chi connectivity index (χ1v) is 9.43. The van der Waals surface area contributed by atoms with E-state index in [1.807, 2.05) is 32.0 Å². The van der Waals surface area contributed by atoms with E-state index in [2.05, 4.69) is 10.3 Å². The van der Waals surface area contributed by atoms with Gasteiger partial charge < -0.3 is 10.1 Å². The van der Waals surface area contributed by atoms with Crippen LogP contribution in [0.3, 0.4) is 0 Å². The Morgan fingerprint density at radius 3 is 2.36 bits per heavy atom. The number of para-hydroxylation sites is 1. The van der Waals surface area contributed by atoms with E-state index < -0.39 is 18.5 Å². The summed E-state index contributed by atoms with van der Waals surface area (Å²) in [5.74, 6) is -1.36. The number of halogens is 1. The summed E-state index contributed by atoms with van der Waals surface area (Å²) in [6.45, 7) is 5.09. The van der Waals surface area contributed by atoms with Crippen molar-refractivity contribution in [1.82, 2.24) is 4.98 Å². The van der Waals surface area contributed by atoms with Crippen molar-refractivity contribution in [3.63, 3.8) is 0 Å². The predicted molar refractivity (Wildman–Crippen MR) is 107 cm³/mol. The van der Waals surface area contributed by atoms with Crippen molar-refractivity contribution in [1.29, 1.82) is 0 Å². The van der Waals surface area contributed by atoms with Crippen LogP contribution in [0.25, 0.3) is 10.6 Å². The lowest BCUT2D eigenvalue weighted by Crippen LogP contribution is -2.21. The average molecular weight is 398 g/mol. The minimum atomic E-state index is -0.611. The highest BCUT2D eigenvalue weighted by Crippen LogP contribution is 2.28. The molecule has 1 amide bonds. The van der Waals surface area contributed by atoms with E-state index in [-0.39, 0.29) is 5.82 Å². The highest BCUT2D eigenvalue weighted by atomic mass is 32.1. The molecule has 7 heteroatoms. The maximum atomic E-state index is 13.1. The molecule has 5 nitrogen and oxygen atoms in total. The molecule has 28 heavy (non-hydrogen) atoms. The predicted octanol–water partition coefficient (Wildman–Crippen LogP) is 4.67. The maximum absolute atomic E-state index is 13.1. The molecule has 3 rings (SSSR count). The number of aryl methyl sites for hydroxylation is 3. The Morgan fingerprint density at radius 1 is 1.07 bits per heavy atom. The number of benzene rings is 2. The molecule has 0 atom stereocenters. The standard InChI is InChI=1S/C21H19FN2O3S/c1-12-5-4-6-13(2)18(12)24-17(25)11-27-21(26)19-14(3)23-20(28-19)15-7-9-16(22)10-8-15/h4-10H,11H2,1-3H3,(H,24,25). The number of hydrogen-bond acceptors (Lipinski definition) is 5. The number of amides is 1. The Kier molecular flexibility index (Phi) is 5.84. The van der Waals surface area contributed by atoms with Gasteiger partial charge in [0, 0.05) is 11.3 Å². The number of hydrogen-bond donors (Lipinski definition) is 1. The molecule has 0 aliphatic heterocycles. The van der Waals surface area contributed by atoms with Gasteiger partial charge in [-0.3, -0.25) is 4.79 Å². The summed E-state index contributed by atoms with van der Waals surface area (Å²) in [5, 5.41) is 3.36. The van der Waals surface area contributed by atoms with E-state index in [0.29, 0.717) is 21.1 Å². The number of carbonyl (C=O) groups is 2. The number of esters is 1. The Bertz CT molecular complexity index is 1010. The van der Waals surface area contributed by atoms with Gasteiger partial charge in [-0.05, 0) is 56.2 Å². The van der Waals surface area contributed by atoms with E-state index >= 15 is 0 Å². The number of anilines is 1. The van der Waals surface area contributed by atoms with E-state index in [4.69, 9.17) is 4.74 Å². The third-order valence-electron chi connectivity index (χ3n) is 4.15. The van der Waals surface area contributed by atoms with Crippen molar-refractivity contribution in [3.05, 3.63) is 70.0 Å². The number of aromatic nitrogens is 1. The van der Waals surface area contributed by atoms with E-state index in [0.717, 1.165) is 28.2 Å². The van der Waals surface area contributed by atoms with Gasteiger partial charge in [-0.25, -0.2) is 14.2 Å². The topological polar surface area (TPSA) is 68.3 Å². The quantitative estimate of drug-likeness (QED) is 0.634. The monoisotopic (exact) mass is 398 g/mol. The van der Waals surface area contributed by atoms with Crippen LogP contribution in [0.5, 0.6) is 0 Å². The molecular formula is C21H19FN2O3S. The Hall–Kier alpha value is -3.06. The molecule has 2 aromatic carbocycles. The summed E-state index contributed by atoms with van der Waals surface area (Å²) in [6, 6.07) is 11.6. The first kappa shape index (κ1) is 19.7. The third-order valence-corrected chi connectivity index (χ3v) is 5.34. The zero-order valence-electron chi connectivity index (χ0n) is 15.7. The Balaban J connectivity index is 1.65. The normalized spacial score (nSPS) is 10.6. The highest BCUT2D eigenvalue weighted by Gasteiger charge is 2.19. The summed E-state index contributed by atoms with van der Waals surface area (Å²) < 4.78 is 18.2. The fourth-order valence-electron chi connectivity index (χ4n) is 2.69. The third kappa shape index (κ3) is 4.43. The average Bonchev–Trinajstić information content (AvgIpc) is 3.05. The van der Waals surface area contributed by atoms with Crippen molar-refractivity contribution in [2.75, 3.05) is 11.9 Å². The van der Waals surface area contributed by atoms with Crippen LogP contribution in [0.15, 0.2) is 42.5 Å². The lowest BCUT2D eigenvalue weighted by Gasteiger charge is -2.11. The molecule has 1 N–H and O–H groups in total. The van der Waals surface area contributed by atoms with Crippen LogP contribution in [0.1, 0.15) is 26.5 Å². The van der Waals surface area contributed by atoms with Crippen LogP contribution < -0.4 is 5.32 Å². The molecule has 0 aliphatic rings. The van der Waals surface area contributed by atoms with Gasteiger partial charge in [-0.1, -0.05) is 18.2 Å². The van der Waals surface area contributed by atoms with Crippen molar-refractivity contribution >= 4 is 28.9 Å². The van der Waals surface area contributed by atoms with Gasteiger partial charge in [0.2, 0.25) is 0 Å². The number of nitrogens with zero attached hydrogens (tertiary/aromatic N) is 1. The largest absolute Gasteiger partial charge is 0.451 e. The fraction of sp³-hybridized carbons (Fsp3) is 0.190. The summed E-state index contributed by atoms with van der Waals surface area (Å²) in [7, 11) is 0. The van der Waals surface area contributed by atoms with Gasteiger partial charge in [-0.15, -0.1) is 11.3 Å². The number of carbonyl (C=O) groups excluding carboxylic acids is 2. The summed E-state index contributed by atoms with van der Waals surface area (Å²) in [6.07, 6.45) is 0. The summed E-state index contributed by atoms with van der Waals surface area (Å²) in [5.41, 5.74) is 3.80. The number of rotatable bonds is 5. The molecule has 0 bridgehead atoms. The number of thiazole rings is 1. The van der Waals surface area contributed by atoms with Crippen LogP contribution in [0.2, 0.25) is 0 Å². The van der Waals surface area contributed by atoms with Gasteiger partial charge in [0.05, 0.1) is 5.69 Å². The molecule has 0 fully saturated rings. The first-order valence-electron chi connectivity index (χ1n) is 8.61. The van der Waals surface area contributed by atoms with Crippen molar-refractivity contribution in [2.24, 2.45) is 0 Å². The van der Waals surface area contributed by atoms with Crippen LogP contribution in [0, 0.1) is 26.6 Å². The molecule has 0 unspecified atom stereocenters. The highest BCUT2D eigenvalue weighted by molar-refractivity contribution is 7.17. The lowest BCUT2D eigenvalue weighted by molar-refractivity contribution is -0.119. The van der Waals surface area contributed by atoms with Gasteiger partial charge in [0.25, 0.3) is 5.91 Å². The van der Waals surface area contributed by atoms with Crippen LogP contribution in [0.4, 0.5) is 10.1 Å². The molecule has 0 spiro atoms. The van der Waals surface area contributed by atoms with Crippen LogP contribution in [-0.2, 0) is 9.53 Å². The number of ether oxygens (including phenoxy) is 1. The van der Waals surface area contributed by atoms with E-state index in [1.54, 1.807) is 19.1 Å². The van der Waals surface area contributed by atoms with Crippen LogP contribution >= 0.6 is 11.3 Å². The van der Waals surface area contributed by atoms with Crippen molar-refractivity contribution in [2.45, 2.75) is 20.8 Å². The zero-order valence-corrected chi connectivity index (χ0v) is 16.5. The molecule has 1 aromatic heterocycles. The molecule has 144 valence electrons. The van der Waals surface area contributed by atoms with Crippen molar-refractivity contribution < 1.29 is 18.7 Å². The molecule has 0 saturated carbocycles. The number of nitrogens with one attached hydrogen (secondary N) is 1. The summed E-state index contributed by atoms with van der Waals surface area (Å²) >= 11 is 1.15. The van der Waals surface area contributed by atoms with Gasteiger partial charge >= 0.3 is 5.97 Å². The van der Waals surface area contributed by atoms with E-state index in [1.165, 1.54) is 12.1 Å². The Morgan fingerprint density at radius 2 is 1.71 bits per heavy atom. The van der Waals surface area contributed by atoms with Crippen molar-refractivity contribution in [3.8, 4) is 10.6 Å². The SMILES string of the molecule is Cc1cccc(C)c1NC(=O)COC(=O)c1sc(-c2ccc(F)cc2)nc1C. The maximum Gasteiger partial charge on any atom is 0.350 e. The Labute approximate surface area is 166 Å². The second-order valence-corrected chi connectivity index (χ2v) is 7.33. The minimum Gasteiger partial charge on any atom is -0.451 e. The van der Waals surface area contributed by atoms with E-state index in [9.17, 15) is 14.0 Å². The fourth-order valence-corrected chi connectivity index (χ4v) is 3.65. The molecule has 0 aliphatic carbocycles. The van der Waals surface area contributed by atoms with Gasteiger partial charge in [0.15, 0.2) is 6.61 Å². The zero-order chi connectivity index (χ0) is 20.3. The molecule has 3 aromatic rings. The minimum absolute atomic E-state index is 0.319. The molecular weight excluding hydrogens is 379 g/mol. The second-order valence-electron chi connectivity index (χ2n) is 6.33. The van der Waals surface area contributed by atoms with Gasteiger partial charge in [-0.2, -0.15) is 0 Å². The molecule has 1 heterocycles. The second kappa shape index (κ2) is 8.31. The summed E-state index contributed by atoms with van der Waals surface area (Å²) in [4.78, 5) is 29.2. The first-order chi connectivity index (χ1) is 13.3. The molecule has 0 radical (unpaired) electrons. The van der Waals surface area contributed by atoms with Gasteiger partial charge in [0.1, 0.15) is 15.7 Å². The molecule has 0 saturated heterocycles. The lowest BCUT2D eigenvalue weighted by atomic mass is 10.1. The smallest absolute Gasteiger partial charge is 0.350 e.